The fraction of sp³-hybridized carbons (Fsp3) is 0.250. The van der Waals surface area contributed by atoms with E-state index in [2.05, 4.69) is 16.0 Å². The first-order valence-corrected chi connectivity index (χ1v) is 8.52. The molecule has 2 aromatic rings. The van der Waals surface area contributed by atoms with Crippen LogP contribution in [0.3, 0.4) is 0 Å². The lowest BCUT2D eigenvalue weighted by Crippen LogP contribution is -2.46. The first-order valence-electron chi connectivity index (χ1n) is 8.52. The van der Waals surface area contributed by atoms with Gasteiger partial charge in [0.25, 0.3) is 5.91 Å². The van der Waals surface area contributed by atoms with E-state index in [1.165, 1.54) is 0 Å². The van der Waals surface area contributed by atoms with Gasteiger partial charge >= 0.3 is 0 Å². The lowest BCUT2D eigenvalue weighted by molar-refractivity contribution is -0.125. The second-order valence-electron chi connectivity index (χ2n) is 5.84. The van der Waals surface area contributed by atoms with Crippen LogP contribution >= 0.6 is 0 Å². The molecule has 0 bridgehead atoms. The Bertz CT molecular complexity index is 775. The largest absolute Gasteiger partial charge is 0.345 e. The molecule has 2 aromatic carbocycles. The van der Waals surface area contributed by atoms with Crippen molar-refractivity contribution < 1.29 is 14.4 Å². The van der Waals surface area contributed by atoms with Gasteiger partial charge in [-0.25, -0.2) is 0 Å². The summed E-state index contributed by atoms with van der Waals surface area (Å²) in [5, 5.41) is 7.92. The van der Waals surface area contributed by atoms with Crippen molar-refractivity contribution in [3.8, 4) is 0 Å². The summed E-state index contributed by atoms with van der Waals surface area (Å²) in [6, 6.07) is 15.4. The van der Waals surface area contributed by atoms with Crippen LogP contribution < -0.4 is 16.0 Å². The molecular weight excluding hydrogens is 330 g/mol. The Hall–Kier alpha value is -3.15. The van der Waals surface area contributed by atoms with Gasteiger partial charge in [-0.3, -0.25) is 14.4 Å². The number of amides is 3. The maximum atomic E-state index is 12.1. The van der Waals surface area contributed by atoms with Crippen LogP contribution in [0.5, 0.6) is 0 Å². The zero-order valence-corrected chi connectivity index (χ0v) is 14.9. The Balaban J connectivity index is 1.82. The normalized spacial score (nSPS) is 11.3. The van der Waals surface area contributed by atoms with Gasteiger partial charge < -0.3 is 16.0 Å². The molecule has 26 heavy (non-hydrogen) atoms. The number of nitrogens with one attached hydrogen (secondary N) is 3. The van der Waals surface area contributed by atoms with Crippen molar-refractivity contribution >= 4 is 23.4 Å². The van der Waals surface area contributed by atoms with Crippen LogP contribution in [0.1, 0.15) is 29.8 Å². The van der Waals surface area contributed by atoms with Crippen molar-refractivity contribution in [2.24, 2.45) is 0 Å². The molecule has 3 amide bonds. The van der Waals surface area contributed by atoms with Crippen molar-refractivity contribution in [1.29, 1.82) is 0 Å². The van der Waals surface area contributed by atoms with Crippen LogP contribution in [0, 0.1) is 0 Å². The molecule has 0 spiro atoms. The quantitative estimate of drug-likeness (QED) is 0.712. The van der Waals surface area contributed by atoms with Gasteiger partial charge in [-0.05, 0) is 37.1 Å². The molecule has 0 radical (unpaired) electrons. The lowest BCUT2D eigenvalue weighted by Gasteiger charge is -2.14. The molecule has 0 aliphatic heterocycles. The number of hydrogen-bond donors (Lipinski definition) is 3. The number of carbonyl (C=O) groups is 3. The first kappa shape index (κ1) is 19.2. The van der Waals surface area contributed by atoms with Gasteiger partial charge in [-0.2, -0.15) is 0 Å². The Morgan fingerprint density at radius 2 is 1.62 bits per heavy atom. The highest BCUT2D eigenvalue weighted by Gasteiger charge is 2.17. The zero-order valence-electron chi connectivity index (χ0n) is 14.9. The summed E-state index contributed by atoms with van der Waals surface area (Å²) in [5.74, 6) is -1.08. The van der Waals surface area contributed by atoms with E-state index in [1.54, 1.807) is 31.2 Å². The number of aryl methyl sites for hydroxylation is 1. The zero-order chi connectivity index (χ0) is 18.9. The van der Waals surface area contributed by atoms with Crippen molar-refractivity contribution in [2.45, 2.75) is 26.3 Å². The second-order valence-corrected chi connectivity index (χ2v) is 5.84. The van der Waals surface area contributed by atoms with Crippen molar-refractivity contribution in [3.05, 3.63) is 65.7 Å². The fourth-order valence-electron chi connectivity index (χ4n) is 2.40. The first-order chi connectivity index (χ1) is 12.5. The summed E-state index contributed by atoms with van der Waals surface area (Å²) in [6.07, 6.45) is 0.797. The van der Waals surface area contributed by atoms with E-state index >= 15 is 0 Å². The minimum Gasteiger partial charge on any atom is -0.345 e. The maximum absolute atomic E-state index is 12.1. The highest BCUT2D eigenvalue weighted by molar-refractivity contribution is 5.99. The Morgan fingerprint density at radius 3 is 2.31 bits per heavy atom. The molecule has 0 heterocycles. The number of rotatable bonds is 7. The molecule has 3 N–H and O–H groups in total. The van der Waals surface area contributed by atoms with Crippen LogP contribution in [0.15, 0.2) is 54.6 Å². The van der Waals surface area contributed by atoms with E-state index in [4.69, 9.17) is 0 Å². The predicted molar refractivity (Wildman–Crippen MR) is 101 cm³/mol. The summed E-state index contributed by atoms with van der Waals surface area (Å²) in [5.41, 5.74) is 2.23. The Labute approximate surface area is 153 Å². The lowest BCUT2D eigenvalue weighted by atomic mass is 10.1. The van der Waals surface area contributed by atoms with Gasteiger partial charge in [-0.15, -0.1) is 0 Å². The van der Waals surface area contributed by atoms with Crippen LogP contribution in [0.2, 0.25) is 0 Å². The van der Waals surface area contributed by atoms with Crippen LogP contribution in [-0.2, 0) is 16.0 Å². The van der Waals surface area contributed by atoms with Gasteiger partial charge in [0.05, 0.1) is 6.54 Å². The van der Waals surface area contributed by atoms with Crippen LogP contribution in [-0.4, -0.2) is 30.3 Å². The molecule has 0 saturated carbocycles. The summed E-state index contributed by atoms with van der Waals surface area (Å²) < 4.78 is 0. The Morgan fingerprint density at radius 1 is 0.962 bits per heavy atom. The van der Waals surface area contributed by atoms with Gasteiger partial charge in [-0.1, -0.05) is 43.3 Å². The predicted octanol–water partition coefficient (Wildman–Crippen LogP) is 2.12. The summed E-state index contributed by atoms with van der Waals surface area (Å²) in [7, 11) is 0. The number of benzene rings is 2. The molecule has 2 rings (SSSR count). The summed E-state index contributed by atoms with van der Waals surface area (Å²) in [6.45, 7) is 3.41. The highest BCUT2D eigenvalue weighted by atomic mass is 16.2. The fourth-order valence-corrected chi connectivity index (χ4v) is 2.40. The molecule has 1 atom stereocenters. The van der Waals surface area contributed by atoms with E-state index in [0.717, 1.165) is 17.7 Å². The topological polar surface area (TPSA) is 87.3 Å². The van der Waals surface area contributed by atoms with Crippen LogP contribution in [0.4, 0.5) is 5.69 Å². The van der Waals surface area contributed by atoms with E-state index in [1.807, 2.05) is 37.3 Å². The van der Waals surface area contributed by atoms with Crippen molar-refractivity contribution in [2.75, 3.05) is 11.9 Å². The molecule has 0 aromatic heterocycles. The third-order valence-corrected chi connectivity index (χ3v) is 3.87. The van der Waals surface area contributed by atoms with Gasteiger partial charge in [0.2, 0.25) is 11.8 Å². The van der Waals surface area contributed by atoms with Crippen molar-refractivity contribution in [3.63, 3.8) is 0 Å². The van der Waals surface area contributed by atoms with Crippen LogP contribution in [0.25, 0.3) is 0 Å². The molecule has 6 nitrogen and oxygen atoms in total. The number of hydrogen-bond acceptors (Lipinski definition) is 3. The van der Waals surface area contributed by atoms with E-state index < -0.39 is 11.9 Å². The SMILES string of the molecule is CCc1ccccc1NC(=O)CNC(=O)C(C)NC(=O)c1ccccc1. The average molecular weight is 353 g/mol. The summed E-state index contributed by atoms with van der Waals surface area (Å²) in [4.78, 5) is 36.2. The third kappa shape index (κ3) is 5.44. The minimum atomic E-state index is -0.751. The third-order valence-electron chi connectivity index (χ3n) is 3.87. The van der Waals surface area contributed by atoms with E-state index in [-0.39, 0.29) is 18.4 Å². The molecule has 0 aliphatic rings. The number of carbonyl (C=O) groups excluding carboxylic acids is 3. The molecule has 6 heteroatoms. The van der Waals surface area contributed by atoms with Gasteiger partial charge in [0.1, 0.15) is 6.04 Å². The minimum absolute atomic E-state index is 0.164. The van der Waals surface area contributed by atoms with Gasteiger partial charge in [0.15, 0.2) is 0 Å². The molecule has 1 unspecified atom stereocenters. The number of para-hydroxylation sites is 1. The van der Waals surface area contributed by atoms with Gasteiger partial charge in [0, 0.05) is 11.3 Å². The monoisotopic (exact) mass is 353 g/mol. The maximum Gasteiger partial charge on any atom is 0.251 e. The molecule has 0 aliphatic carbocycles. The standard InChI is InChI=1S/C20H23N3O3/c1-3-15-9-7-8-12-17(15)23-18(24)13-21-19(25)14(2)22-20(26)16-10-5-4-6-11-16/h4-12,14H,3,13H2,1-2H3,(H,21,25)(H,22,26)(H,23,24). The summed E-state index contributed by atoms with van der Waals surface area (Å²) >= 11 is 0. The number of anilines is 1. The molecule has 0 saturated heterocycles. The average Bonchev–Trinajstić information content (AvgIpc) is 2.67. The molecule has 136 valence electrons. The Kier molecular flexibility index (Phi) is 6.91. The van der Waals surface area contributed by atoms with Crippen molar-refractivity contribution in [1.82, 2.24) is 10.6 Å². The van der Waals surface area contributed by atoms with E-state index in [9.17, 15) is 14.4 Å². The van der Waals surface area contributed by atoms with E-state index in [0.29, 0.717) is 5.56 Å². The molecular formula is C20H23N3O3. The highest BCUT2D eigenvalue weighted by Crippen LogP contribution is 2.14. The molecule has 0 fully saturated rings. The second kappa shape index (κ2) is 9.36. The smallest absolute Gasteiger partial charge is 0.251 e.